The van der Waals surface area contributed by atoms with Gasteiger partial charge in [-0.25, -0.2) is 8.42 Å². The molecule has 1 amide bonds. The monoisotopic (exact) mass is 227 g/mol. The van der Waals surface area contributed by atoms with E-state index >= 15 is 0 Å². The third-order valence-corrected chi connectivity index (χ3v) is 3.71. The van der Waals surface area contributed by atoms with E-state index in [4.69, 9.17) is 0 Å². The van der Waals surface area contributed by atoms with E-state index in [0.717, 1.165) is 5.56 Å². The minimum Gasteiger partial charge on any atom is -0.358 e. The number of benzene rings is 1. The molecule has 0 aromatic heterocycles. The van der Waals surface area contributed by atoms with E-state index in [2.05, 4.69) is 5.32 Å². The molecule has 0 unspecified atom stereocenters. The number of carbonyl (C=O) groups is 1. The van der Waals surface area contributed by atoms with Gasteiger partial charge in [0.15, 0.2) is 9.84 Å². The molecule has 0 bridgehead atoms. The van der Waals surface area contributed by atoms with Gasteiger partial charge in [-0.05, 0) is 19.1 Å². The van der Waals surface area contributed by atoms with Crippen molar-refractivity contribution in [3.8, 4) is 0 Å². The molecule has 0 aliphatic rings. The lowest BCUT2D eigenvalue weighted by Crippen LogP contribution is -2.21. The normalized spacial score (nSPS) is 11.0. The first-order chi connectivity index (χ1) is 7.06. The second kappa shape index (κ2) is 4.93. The molecular weight excluding hydrogens is 214 g/mol. The van der Waals surface area contributed by atoms with Crippen molar-refractivity contribution < 1.29 is 13.2 Å². The van der Waals surface area contributed by atoms with Crippen molar-refractivity contribution in [3.05, 3.63) is 29.8 Å². The zero-order valence-corrected chi connectivity index (χ0v) is 9.25. The van der Waals surface area contributed by atoms with Crippen molar-refractivity contribution in [3.63, 3.8) is 0 Å². The van der Waals surface area contributed by atoms with Crippen LogP contribution >= 0.6 is 0 Å². The largest absolute Gasteiger partial charge is 0.358 e. The van der Waals surface area contributed by atoms with E-state index in [-0.39, 0.29) is 12.3 Å². The van der Waals surface area contributed by atoms with E-state index in [9.17, 15) is 13.2 Å². The van der Waals surface area contributed by atoms with Crippen LogP contribution in [0.25, 0.3) is 0 Å². The maximum Gasteiger partial charge on any atom is 0.207 e. The van der Waals surface area contributed by atoms with Crippen molar-refractivity contribution in [1.29, 1.82) is 0 Å². The van der Waals surface area contributed by atoms with E-state index in [1.807, 2.05) is 6.92 Å². The predicted molar refractivity (Wildman–Crippen MR) is 57.3 cm³/mol. The standard InChI is InChI=1S/C10H13NO3S/c1-9-2-4-10(5-3-9)15(13,14)7-6-11-8-12/h2-5,8H,6-7H2,1H3,(H,11,12). The molecule has 1 aromatic carbocycles. The highest BCUT2D eigenvalue weighted by molar-refractivity contribution is 7.91. The summed E-state index contributed by atoms with van der Waals surface area (Å²) in [5.41, 5.74) is 1.01. The van der Waals surface area contributed by atoms with Gasteiger partial charge in [0.2, 0.25) is 6.41 Å². The Morgan fingerprint density at radius 3 is 2.40 bits per heavy atom. The van der Waals surface area contributed by atoms with Gasteiger partial charge in [0.05, 0.1) is 10.6 Å². The van der Waals surface area contributed by atoms with Crippen LogP contribution in [-0.4, -0.2) is 27.1 Å². The number of carbonyl (C=O) groups excluding carboxylic acids is 1. The summed E-state index contributed by atoms with van der Waals surface area (Å²) in [5.74, 6) is -0.0746. The lowest BCUT2D eigenvalue weighted by atomic mass is 10.2. The first-order valence-corrected chi connectivity index (χ1v) is 6.18. The Hall–Kier alpha value is -1.36. The summed E-state index contributed by atoms with van der Waals surface area (Å²) in [4.78, 5) is 10.3. The molecule has 0 saturated heterocycles. The number of aryl methyl sites for hydroxylation is 1. The number of rotatable bonds is 5. The molecule has 0 saturated carbocycles. The Kier molecular flexibility index (Phi) is 3.85. The maximum absolute atomic E-state index is 11.7. The molecule has 0 heterocycles. The summed E-state index contributed by atoms with van der Waals surface area (Å²) in [5, 5.41) is 2.33. The molecule has 0 fully saturated rings. The highest BCUT2D eigenvalue weighted by Crippen LogP contribution is 2.11. The average Bonchev–Trinajstić information content (AvgIpc) is 2.18. The van der Waals surface area contributed by atoms with Gasteiger partial charge in [0.1, 0.15) is 0 Å². The highest BCUT2D eigenvalue weighted by Gasteiger charge is 2.12. The van der Waals surface area contributed by atoms with Crippen molar-refractivity contribution in [2.45, 2.75) is 11.8 Å². The lowest BCUT2D eigenvalue weighted by molar-refractivity contribution is -0.109. The van der Waals surface area contributed by atoms with Crippen LogP contribution < -0.4 is 5.32 Å². The van der Waals surface area contributed by atoms with Crippen molar-refractivity contribution >= 4 is 16.2 Å². The molecular formula is C10H13NO3S. The quantitative estimate of drug-likeness (QED) is 0.589. The molecule has 0 radical (unpaired) electrons. The third-order valence-electron chi connectivity index (χ3n) is 1.98. The van der Waals surface area contributed by atoms with Gasteiger partial charge in [0, 0.05) is 6.54 Å². The number of amides is 1. The Labute approximate surface area is 89.2 Å². The minimum absolute atomic E-state index is 0.0746. The second-order valence-electron chi connectivity index (χ2n) is 3.20. The molecule has 0 spiro atoms. The number of hydrogen-bond acceptors (Lipinski definition) is 3. The van der Waals surface area contributed by atoms with Crippen LogP contribution in [0.2, 0.25) is 0 Å². The molecule has 0 atom stereocenters. The van der Waals surface area contributed by atoms with E-state index in [0.29, 0.717) is 11.3 Å². The fourth-order valence-corrected chi connectivity index (χ4v) is 2.29. The van der Waals surface area contributed by atoms with Gasteiger partial charge in [-0.3, -0.25) is 4.79 Å². The fourth-order valence-electron chi connectivity index (χ4n) is 1.12. The molecule has 1 N–H and O–H groups in total. The minimum atomic E-state index is -3.27. The van der Waals surface area contributed by atoms with Gasteiger partial charge in [-0.1, -0.05) is 17.7 Å². The first-order valence-electron chi connectivity index (χ1n) is 4.53. The molecule has 1 rings (SSSR count). The van der Waals surface area contributed by atoms with Gasteiger partial charge in [0.25, 0.3) is 0 Å². The van der Waals surface area contributed by atoms with Crippen LogP contribution in [0, 0.1) is 6.92 Å². The average molecular weight is 227 g/mol. The Bertz CT molecular complexity index is 422. The van der Waals surface area contributed by atoms with Crippen LogP contribution in [0.1, 0.15) is 5.56 Å². The van der Waals surface area contributed by atoms with Gasteiger partial charge in [-0.15, -0.1) is 0 Å². The number of hydrogen-bond donors (Lipinski definition) is 1. The molecule has 0 aliphatic heterocycles. The summed E-state index contributed by atoms with van der Waals surface area (Å²) >= 11 is 0. The summed E-state index contributed by atoms with van der Waals surface area (Å²) in [6.45, 7) is 2.03. The van der Waals surface area contributed by atoms with E-state index < -0.39 is 9.84 Å². The summed E-state index contributed by atoms with van der Waals surface area (Å²) < 4.78 is 23.3. The summed E-state index contributed by atoms with van der Waals surface area (Å²) in [6, 6.07) is 6.65. The second-order valence-corrected chi connectivity index (χ2v) is 5.31. The summed E-state index contributed by atoms with van der Waals surface area (Å²) in [7, 11) is -3.27. The topological polar surface area (TPSA) is 63.2 Å². The van der Waals surface area contributed by atoms with Crippen molar-refractivity contribution in [2.75, 3.05) is 12.3 Å². The van der Waals surface area contributed by atoms with Crippen LogP contribution in [0.3, 0.4) is 0 Å². The van der Waals surface area contributed by atoms with Gasteiger partial charge < -0.3 is 5.32 Å². The van der Waals surface area contributed by atoms with Crippen molar-refractivity contribution in [1.82, 2.24) is 5.32 Å². The van der Waals surface area contributed by atoms with Crippen LogP contribution in [0.4, 0.5) is 0 Å². The Morgan fingerprint density at radius 2 is 1.87 bits per heavy atom. The highest BCUT2D eigenvalue weighted by atomic mass is 32.2. The number of sulfone groups is 1. The lowest BCUT2D eigenvalue weighted by Gasteiger charge is -2.03. The molecule has 4 nitrogen and oxygen atoms in total. The molecule has 5 heteroatoms. The molecule has 1 aromatic rings. The third kappa shape index (κ3) is 3.36. The fraction of sp³-hybridized carbons (Fsp3) is 0.300. The van der Waals surface area contributed by atoms with E-state index in [1.165, 1.54) is 0 Å². The molecule has 15 heavy (non-hydrogen) atoms. The predicted octanol–water partition coefficient (Wildman–Crippen LogP) is 0.515. The molecule has 0 aliphatic carbocycles. The van der Waals surface area contributed by atoms with Crippen molar-refractivity contribution in [2.24, 2.45) is 0 Å². The zero-order chi connectivity index (χ0) is 11.3. The van der Waals surface area contributed by atoms with Crippen LogP contribution in [0.15, 0.2) is 29.2 Å². The van der Waals surface area contributed by atoms with E-state index in [1.54, 1.807) is 24.3 Å². The SMILES string of the molecule is Cc1ccc(S(=O)(=O)CCNC=O)cc1. The van der Waals surface area contributed by atoms with Gasteiger partial charge >= 0.3 is 0 Å². The first kappa shape index (κ1) is 11.7. The smallest absolute Gasteiger partial charge is 0.207 e. The summed E-state index contributed by atoms with van der Waals surface area (Å²) in [6.07, 6.45) is 0.491. The van der Waals surface area contributed by atoms with Crippen LogP contribution in [0.5, 0.6) is 0 Å². The Morgan fingerprint density at radius 1 is 1.27 bits per heavy atom. The zero-order valence-electron chi connectivity index (χ0n) is 8.43. The van der Waals surface area contributed by atoms with Crippen LogP contribution in [-0.2, 0) is 14.6 Å². The van der Waals surface area contributed by atoms with Gasteiger partial charge in [-0.2, -0.15) is 0 Å². The Balaban J connectivity index is 2.77. The maximum atomic E-state index is 11.7. The number of nitrogens with one attached hydrogen (secondary N) is 1. The molecule has 82 valence electrons.